The lowest BCUT2D eigenvalue weighted by atomic mass is 9.99. The molecule has 1 fully saturated rings. The molecule has 0 aliphatic carbocycles. The number of urea groups is 1. The van der Waals surface area contributed by atoms with Crippen LogP contribution in [0.4, 0.5) is 4.79 Å². The zero-order valence-corrected chi connectivity index (χ0v) is 10.4. The van der Waals surface area contributed by atoms with Crippen LogP contribution in [0.5, 0.6) is 0 Å². The minimum atomic E-state index is -0.232. The molecule has 1 aliphatic rings. The summed E-state index contributed by atoms with van der Waals surface area (Å²) in [7, 11) is 1.62. The monoisotopic (exact) mass is 228 g/mol. The van der Waals surface area contributed by atoms with Crippen LogP contribution in [-0.4, -0.2) is 55.1 Å². The Morgan fingerprint density at radius 2 is 1.94 bits per heavy atom. The van der Waals surface area contributed by atoms with Crippen LogP contribution < -0.4 is 0 Å². The molecule has 0 aromatic carbocycles. The van der Waals surface area contributed by atoms with Gasteiger partial charge in [-0.3, -0.25) is 9.69 Å². The smallest absolute Gasteiger partial charge is 0.327 e. The van der Waals surface area contributed by atoms with Crippen molar-refractivity contribution in [2.45, 2.75) is 20.8 Å². The van der Waals surface area contributed by atoms with Crippen molar-refractivity contribution in [3.8, 4) is 0 Å². The maximum absolute atomic E-state index is 11.5. The van der Waals surface area contributed by atoms with Crippen molar-refractivity contribution in [1.82, 2.24) is 9.80 Å². The molecule has 0 bridgehead atoms. The second-order valence-electron chi connectivity index (χ2n) is 5.30. The van der Waals surface area contributed by atoms with Gasteiger partial charge >= 0.3 is 6.03 Å². The topological polar surface area (TPSA) is 49.9 Å². The van der Waals surface area contributed by atoms with E-state index in [2.05, 4.69) is 20.8 Å². The molecule has 1 saturated heterocycles. The minimum Gasteiger partial charge on any atom is -0.379 e. The highest BCUT2D eigenvalue weighted by Crippen LogP contribution is 2.13. The number of nitrogens with zero attached hydrogens (tertiary/aromatic N) is 2. The molecule has 5 nitrogen and oxygen atoms in total. The number of hydrogen-bond acceptors (Lipinski definition) is 3. The zero-order chi connectivity index (χ0) is 12.3. The SMILES string of the molecule is CN1CC(=O)N(CCOCC(C)(C)C)C1=O. The number of carbonyl (C=O) groups is 2. The van der Waals surface area contributed by atoms with E-state index in [0.29, 0.717) is 19.8 Å². The van der Waals surface area contributed by atoms with Gasteiger partial charge in [-0.15, -0.1) is 0 Å². The summed E-state index contributed by atoms with van der Waals surface area (Å²) in [6.07, 6.45) is 0. The van der Waals surface area contributed by atoms with Crippen molar-refractivity contribution in [1.29, 1.82) is 0 Å². The summed E-state index contributed by atoms with van der Waals surface area (Å²) < 4.78 is 5.43. The Hall–Kier alpha value is -1.10. The highest BCUT2D eigenvalue weighted by Gasteiger charge is 2.32. The summed E-state index contributed by atoms with van der Waals surface area (Å²) >= 11 is 0. The molecule has 0 spiro atoms. The average molecular weight is 228 g/mol. The fourth-order valence-electron chi connectivity index (χ4n) is 1.42. The van der Waals surface area contributed by atoms with E-state index in [1.54, 1.807) is 7.05 Å². The van der Waals surface area contributed by atoms with Crippen LogP contribution in [-0.2, 0) is 9.53 Å². The third kappa shape index (κ3) is 3.48. The van der Waals surface area contributed by atoms with Crippen molar-refractivity contribution < 1.29 is 14.3 Å². The number of carbonyl (C=O) groups excluding carboxylic acids is 2. The second kappa shape index (κ2) is 4.82. The molecule has 0 radical (unpaired) electrons. The molecule has 16 heavy (non-hydrogen) atoms. The molecule has 0 aromatic heterocycles. The molecule has 0 unspecified atom stereocenters. The largest absolute Gasteiger partial charge is 0.379 e. The number of imide groups is 1. The first-order chi connectivity index (χ1) is 7.31. The number of amides is 3. The molecular weight excluding hydrogens is 208 g/mol. The molecule has 1 rings (SSSR count). The van der Waals surface area contributed by atoms with Gasteiger partial charge in [0.15, 0.2) is 0 Å². The molecule has 92 valence electrons. The second-order valence-corrected chi connectivity index (χ2v) is 5.30. The van der Waals surface area contributed by atoms with Gasteiger partial charge in [-0.25, -0.2) is 4.79 Å². The van der Waals surface area contributed by atoms with Gasteiger partial charge in [0.1, 0.15) is 6.54 Å². The Morgan fingerprint density at radius 3 is 2.38 bits per heavy atom. The molecular formula is C11H20N2O3. The van der Waals surface area contributed by atoms with Gasteiger partial charge < -0.3 is 9.64 Å². The van der Waals surface area contributed by atoms with Crippen LogP contribution in [0.3, 0.4) is 0 Å². The molecule has 0 aromatic rings. The fourth-order valence-corrected chi connectivity index (χ4v) is 1.42. The molecule has 5 heteroatoms. The lowest BCUT2D eigenvalue weighted by Gasteiger charge is -2.19. The Labute approximate surface area is 96.3 Å². The predicted molar refractivity (Wildman–Crippen MR) is 60.0 cm³/mol. The van der Waals surface area contributed by atoms with Crippen LogP contribution in [0.1, 0.15) is 20.8 Å². The maximum Gasteiger partial charge on any atom is 0.327 e. The average Bonchev–Trinajstić information content (AvgIpc) is 2.36. The third-order valence-corrected chi connectivity index (χ3v) is 2.23. The van der Waals surface area contributed by atoms with E-state index in [-0.39, 0.29) is 23.9 Å². The van der Waals surface area contributed by atoms with Gasteiger partial charge in [0, 0.05) is 7.05 Å². The van der Waals surface area contributed by atoms with Crippen LogP contribution in [0.25, 0.3) is 0 Å². The normalized spacial score (nSPS) is 17.5. The van der Waals surface area contributed by atoms with Crippen molar-refractivity contribution in [3.05, 3.63) is 0 Å². The summed E-state index contributed by atoms with van der Waals surface area (Å²) in [5.41, 5.74) is 0.107. The van der Waals surface area contributed by atoms with E-state index < -0.39 is 0 Å². The minimum absolute atomic E-state index is 0.107. The van der Waals surface area contributed by atoms with E-state index in [1.807, 2.05) is 0 Å². The molecule has 0 atom stereocenters. The molecule has 1 heterocycles. The van der Waals surface area contributed by atoms with Crippen molar-refractivity contribution >= 4 is 11.9 Å². The van der Waals surface area contributed by atoms with Gasteiger partial charge in [-0.2, -0.15) is 0 Å². The van der Waals surface area contributed by atoms with Crippen LogP contribution in [0.2, 0.25) is 0 Å². The fraction of sp³-hybridized carbons (Fsp3) is 0.818. The first-order valence-electron chi connectivity index (χ1n) is 5.44. The highest BCUT2D eigenvalue weighted by molar-refractivity contribution is 6.01. The lowest BCUT2D eigenvalue weighted by Crippen LogP contribution is -2.35. The van der Waals surface area contributed by atoms with Gasteiger partial charge in [-0.1, -0.05) is 20.8 Å². The molecule has 0 saturated carbocycles. The summed E-state index contributed by atoms with van der Waals surface area (Å²) in [5.74, 6) is -0.146. The Kier molecular flexibility index (Phi) is 3.91. The van der Waals surface area contributed by atoms with Crippen LogP contribution in [0, 0.1) is 5.41 Å². The highest BCUT2D eigenvalue weighted by atomic mass is 16.5. The first kappa shape index (κ1) is 13.0. The van der Waals surface area contributed by atoms with E-state index in [9.17, 15) is 9.59 Å². The molecule has 3 amide bonds. The van der Waals surface area contributed by atoms with E-state index in [4.69, 9.17) is 4.74 Å². The number of rotatable bonds is 4. The van der Waals surface area contributed by atoms with Crippen LogP contribution >= 0.6 is 0 Å². The maximum atomic E-state index is 11.5. The standard InChI is InChI=1S/C11H20N2O3/c1-11(2,3)8-16-6-5-13-9(14)7-12(4)10(13)15/h5-8H2,1-4H3. The lowest BCUT2D eigenvalue weighted by molar-refractivity contribution is -0.125. The van der Waals surface area contributed by atoms with Crippen LogP contribution in [0.15, 0.2) is 0 Å². The van der Waals surface area contributed by atoms with Gasteiger partial charge in [0.25, 0.3) is 0 Å². The van der Waals surface area contributed by atoms with E-state index in [1.165, 1.54) is 9.80 Å². The number of ether oxygens (including phenoxy) is 1. The van der Waals surface area contributed by atoms with Gasteiger partial charge in [-0.05, 0) is 5.41 Å². The number of hydrogen-bond donors (Lipinski definition) is 0. The third-order valence-electron chi connectivity index (χ3n) is 2.23. The Morgan fingerprint density at radius 1 is 1.31 bits per heavy atom. The Bertz CT molecular complexity index is 283. The van der Waals surface area contributed by atoms with Crippen molar-refractivity contribution in [2.24, 2.45) is 5.41 Å². The predicted octanol–water partition coefficient (Wildman–Crippen LogP) is 0.943. The quantitative estimate of drug-likeness (QED) is 0.531. The summed E-state index contributed by atoms with van der Waals surface area (Å²) in [6.45, 7) is 7.78. The van der Waals surface area contributed by atoms with Crippen molar-refractivity contribution in [3.63, 3.8) is 0 Å². The van der Waals surface area contributed by atoms with Gasteiger partial charge in [0.2, 0.25) is 5.91 Å². The summed E-state index contributed by atoms with van der Waals surface area (Å²) in [5, 5.41) is 0. The first-order valence-corrected chi connectivity index (χ1v) is 5.44. The summed E-state index contributed by atoms with van der Waals surface area (Å²) in [4.78, 5) is 25.5. The molecule has 1 aliphatic heterocycles. The zero-order valence-electron chi connectivity index (χ0n) is 10.4. The summed E-state index contributed by atoms with van der Waals surface area (Å²) in [6, 6.07) is -0.232. The number of likely N-dealkylation sites (N-methyl/N-ethyl adjacent to an activating group) is 1. The Balaban J connectivity index is 2.28. The van der Waals surface area contributed by atoms with E-state index >= 15 is 0 Å². The van der Waals surface area contributed by atoms with Gasteiger partial charge in [0.05, 0.1) is 19.8 Å². The van der Waals surface area contributed by atoms with Crippen molar-refractivity contribution in [2.75, 3.05) is 33.4 Å². The molecule has 0 N–H and O–H groups in total. The van der Waals surface area contributed by atoms with E-state index in [0.717, 1.165) is 0 Å².